The van der Waals surface area contributed by atoms with Crippen LogP contribution in [0.4, 0.5) is 0 Å². The second-order valence-corrected chi connectivity index (χ2v) is 5.37. The Hall–Kier alpha value is -1.22. The third kappa shape index (κ3) is 2.32. The maximum Gasteiger partial charge on any atom is 0.129 e. The van der Waals surface area contributed by atoms with E-state index in [0.29, 0.717) is 6.54 Å². The Bertz CT molecular complexity index is 437. The van der Waals surface area contributed by atoms with Gasteiger partial charge >= 0.3 is 0 Å². The highest BCUT2D eigenvalue weighted by Gasteiger charge is 2.37. The van der Waals surface area contributed by atoms with Crippen molar-refractivity contribution in [1.82, 2.24) is 0 Å². The molecule has 0 unspecified atom stereocenters. The molecule has 0 heterocycles. The standard InChI is InChI=1S/C16H25NO2/c1-4-12-14(18-2)8-7-13(15(12)19-3)16(11-17)9-5-6-10-16/h7-8H,4-6,9-11,17H2,1-3H3. The number of ether oxygens (including phenoxy) is 2. The van der Waals surface area contributed by atoms with Gasteiger partial charge in [-0.3, -0.25) is 0 Å². The van der Waals surface area contributed by atoms with Crippen LogP contribution < -0.4 is 15.2 Å². The Labute approximate surface area is 116 Å². The molecule has 3 nitrogen and oxygen atoms in total. The number of benzene rings is 1. The van der Waals surface area contributed by atoms with Gasteiger partial charge in [0.1, 0.15) is 11.5 Å². The SMILES string of the molecule is CCc1c(OC)ccc(C2(CN)CCCC2)c1OC. The summed E-state index contributed by atoms with van der Waals surface area (Å²) in [5.74, 6) is 1.89. The fraction of sp³-hybridized carbons (Fsp3) is 0.625. The van der Waals surface area contributed by atoms with E-state index < -0.39 is 0 Å². The molecule has 1 aromatic carbocycles. The van der Waals surface area contributed by atoms with E-state index in [1.165, 1.54) is 18.4 Å². The van der Waals surface area contributed by atoms with Crippen LogP contribution in [0.5, 0.6) is 11.5 Å². The van der Waals surface area contributed by atoms with Crippen molar-refractivity contribution in [3.8, 4) is 11.5 Å². The Morgan fingerprint density at radius 1 is 1.16 bits per heavy atom. The summed E-state index contributed by atoms with van der Waals surface area (Å²) in [6.45, 7) is 2.83. The first-order chi connectivity index (χ1) is 9.22. The Balaban J connectivity index is 2.57. The average molecular weight is 263 g/mol. The van der Waals surface area contributed by atoms with Crippen LogP contribution >= 0.6 is 0 Å². The van der Waals surface area contributed by atoms with Gasteiger partial charge in [-0.25, -0.2) is 0 Å². The predicted octanol–water partition coefficient (Wildman–Crippen LogP) is 3.04. The quantitative estimate of drug-likeness (QED) is 0.888. The molecule has 1 aliphatic carbocycles. The molecule has 0 spiro atoms. The van der Waals surface area contributed by atoms with Crippen molar-refractivity contribution in [2.24, 2.45) is 5.73 Å². The molecule has 0 radical (unpaired) electrons. The summed E-state index contributed by atoms with van der Waals surface area (Å²) in [7, 11) is 3.46. The van der Waals surface area contributed by atoms with Crippen LogP contribution in [-0.2, 0) is 11.8 Å². The molecule has 0 atom stereocenters. The van der Waals surface area contributed by atoms with E-state index >= 15 is 0 Å². The van der Waals surface area contributed by atoms with Gasteiger partial charge < -0.3 is 15.2 Å². The lowest BCUT2D eigenvalue weighted by atomic mass is 9.77. The first kappa shape index (κ1) is 14.2. The molecule has 1 aliphatic rings. The molecule has 106 valence electrons. The lowest BCUT2D eigenvalue weighted by Gasteiger charge is -2.31. The largest absolute Gasteiger partial charge is 0.496 e. The van der Waals surface area contributed by atoms with E-state index in [9.17, 15) is 0 Å². The molecular weight excluding hydrogens is 238 g/mol. The highest BCUT2D eigenvalue weighted by molar-refractivity contribution is 5.53. The van der Waals surface area contributed by atoms with Crippen molar-refractivity contribution in [2.45, 2.75) is 44.4 Å². The summed E-state index contributed by atoms with van der Waals surface area (Å²) in [5, 5.41) is 0. The average Bonchev–Trinajstić information content (AvgIpc) is 2.95. The fourth-order valence-corrected chi connectivity index (χ4v) is 3.42. The summed E-state index contributed by atoms with van der Waals surface area (Å²) in [6, 6.07) is 4.21. The molecule has 0 bridgehead atoms. The minimum Gasteiger partial charge on any atom is -0.496 e. The van der Waals surface area contributed by atoms with E-state index in [-0.39, 0.29) is 5.41 Å². The Morgan fingerprint density at radius 3 is 2.32 bits per heavy atom. The van der Waals surface area contributed by atoms with Crippen LogP contribution in [-0.4, -0.2) is 20.8 Å². The smallest absolute Gasteiger partial charge is 0.129 e. The maximum absolute atomic E-state index is 6.10. The summed E-state index contributed by atoms with van der Waals surface area (Å²) >= 11 is 0. The van der Waals surface area contributed by atoms with E-state index in [1.807, 2.05) is 0 Å². The van der Waals surface area contributed by atoms with Gasteiger partial charge in [0.05, 0.1) is 14.2 Å². The van der Waals surface area contributed by atoms with Crippen molar-refractivity contribution < 1.29 is 9.47 Å². The highest BCUT2D eigenvalue weighted by Crippen LogP contribution is 2.46. The topological polar surface area (TPSA) is 44.5 Å². The lowest BCUT2D eigenvalue weighted by molar-refractivity contribution is 0.362. The summed E-state index contributed by atoms with van der Waals surface area (Å²) in [4.78, 5) is 0. The van der Waals surface area contributed by atoms with Gasteiger partial charge in [-0.05, 0) is 25.3 Å². The van der Waals surface area contributed by atoms with Crippen molar-refractivity contribution in [1.29, 1.82) is 0 Å². The highest BCUT2D eigenvalue weighted by atomic mass is 16.5. The van der Waals surface area contributed by atoms with Crippen molar-refractivity contribution in [3.05, 3.63) is 23.3 Å². The zero-order valence-electron chi connectivity index (χ0n) is 12.3. The molecule has 0 saturated heterocycles. The van der Waals surface area contributed by atoms with E-state index in [1.54, 1.807) is 14.2 Å². The first-order valence-corrected chi connectivity index (χ1v) is 7.16. The van der Waals surface area contributed by atoms with Crippen LogP contribution in [0.2, 0.25) is 0 Å². The van der Waals surface area contributed by atoms with E-state index in [2.05, 4.69) is 19.1 Å². The minimum atomic E-state index is 0.0987. The molecule has 1 saturated carbocycles. The van der Waals surface area contributed by atoms with Gasteiger partial charge in [-0.2, -0.15) is 0 Å². The molecule has 3 heteroatoms. The van der Waals surface area contributed by atoms with Gasteiger partial charge in [0.2, 0.25) is 0 Å². The number of nitrogens with two attached hydrogens (primary N) is 1. The minimum absolute atomic E-state index is 0.0987. The first-order valence-electron chi connectivity index (χ1n) is 7.16. The molecule has 0 amide bonds. The molecule has 1 aromatic rings. The molecule has 2 N–H and O–H groups in total. The van der Waals surface area contributed by atoms with Gasteiger partial charge in [-0.1, -0.05) is 25.8 Å². The number of rotatable bonds is 5. The second-order valence-electron chi connectivity index (χ2n) is 5.37. The monoisotopic (exact) mass is 263 g/mol. The number of hydrogen-bond acceptors (Lipinski definition) is 3. The van der Waals surface area contributed by atoms with Crippen molar-refractivity contribution in [3.63, 3.8) is 0 Å². The lowest BCUT2D eigenvalue weighted by Crippen LogP contribution is -2.32. The van der Waals surface area contributed by atoms with E-state index in [0.717, 1.165) is 36.3 Å². The Kier molecular flexibility index (Phi) is 4.35. The number of hydrogen-bond donors (Lipinski definition) is 1. The fourth-order valence-electron chi connectivity index (χ4n) is 3.42. The zero-order chi connectivity index (χ0) is 13.9. The molecule has 0 aliphatic heterocycles. The summed E-state index contributed by atoms with van der Waals surface area (Å²) in [5.41, 5.74) is 8.62. The van der Waals surface area contributed by atoms with Gasteiger partial charge in [0.25, 0.3) is 0 Å². The van der Waals surface area contributed by atoms with Crippen LogP contribution in [0, 0.1) is 0 Å². The predicted molar refractivity (Wildman–Crippen MR) is 78.1 cm³/mol. The number of methoxy groups -OCH3 is 2. The Morgan fingerprint density at radius 2 is 1.84 bits per heavy atom. The molecular formula is C16H25NO2. The molecule has 0 aromatic heterocycles. The van der Waals surface area contributed by atoms with Gasteiger partial charge in [-0.15, -0.1) is 0 Å². The molecule has 19 heavy (non-hydrogen) atoms. The van der Waals surface area contributed by atoms with Crippen LogP contribution in [0.3, 0.4) is 0 Å². The van der Waals surface area contributed by atoms with Crippen LogP contribution in [0.1, 0.15) is 43.7 Å². The molecule has 2 rings (SSSR count). The maximum atomic E-state index is 6.10. The van der Waals surface area contributed by atoms with Crippen molar-refractivity contribution in [2.75, 3.05) is 20.8 Å². The van der Waals surface area contributed by atoms with Gasteiger partial charge in [0, 0.05) is 23.1 Å². The van der Waals surface area contributed by atoms with Crippen molar-refractivity contribution >= 4 is 0 Å². The van der Waals surface area contributed by atoms with Gasteiger partial charge in [0.15, 0.2) is 0 Å². The third-order valence-corrected chi connectivity index (χ3v) is 4.52. The summed E-state index contributed by atoms with van der Waals surface area (Å²) in [6.07, 6.45) is 5.74. The third-order valence-electron chi connectivity index (χ3n) is 4.52. The normalized spacial score (nSPS) is 17.5. The summed E-state index contributed by atoms with van der Waals surface area (Å²) < 4.78 is 11.2. The second kappa shape index (κ2) is 5.83. The molecule has 1 fully saturated rings. The van der Waals surface area contributed by atoms with Crippen LogP contribution in [0.15, 0.2) is 12.1 Å². The van der Waals surface area contributed by atoms with Crippen LogP contribution in [0.25, 0.3) is 0 Å². The van der Waals surface area contributed by atoms with E-state index in [4.69, 9.17) is 15.2 Å². The zero-order valence-corrected chi connectivity index (χ0v) is 12.3.